The minimum absolute atomic E-state index is 0.0697. The minimum Gasteiger partial charge on any atom is -0.395 e. The van der Waals surface area contributed by atoms with E-state index in [4.69, 9.17) is 16.7 Å². The normalized spacial score (nSPS) is 12.3. The number of nitrogens with zero attached hydrogens (tertiary/aromatic N) is 1. The molecule has 0 aliphatic rings. The largest absolute Gasteiger partial charge is 0.395 e. The van der Waals surface area contributed by atoms with Crippen molar-refractivity contribution in [2.75, 3.05) is 31.3 Å². The standard InChI is InChI=1S/C9H20ClNO3S/c1-2-3-6-11(7-8-12)15(13,14)9-4-5-10/h12H,2-9H2,1H3. The van der Waals surface area contributed by atoms with Crippen LogP contribution < -0.4 is 0 Å². The van der Waals surface area contributed by atoms with Gasteiger partial charge in [-0.25, -0.2) is 8.42 Å². The van der Waals surface area contributed by atoms with Crippen LogP contribution in [0.3, 0.4) is 0 Å². The molecule has 0 fully saturated rings. The SMILES string of the molecule is CCCCN(CCO)S(=O)(=O)CCCCl. The number of aliphatic hydroxyl groups excluding tert-OH is 1. The van der Waals surface area contributed by atoms with E-state index in [1.54, 1.807) is 0 Å². The molecule has 0 saturated heterocycles. The second-order valence-electron chi connectivity index (χ2n) is 3.33. The van der Waals surface area contributed by atoms with Gasteiger partial charge in [0, 0.05) is 19.0 Å². The average molecular weight is 258 g/mol. The molecule has 0 spiro atoms. The molecular weight excluding hydrogens is 238 g/mol. The first-order valence-corrected chi connectivity index (χ1v) is 7.37. The second-order valence-corrected chi connectivity index (χ2v) is 5.80. The minimum atomic E-state index is -3.23. The fraction of sp³-hybridized carbons (Fsp3) is 1.00. The van der Waals surface area contributed by atoms with Gasteiger partial charge in [0.2, 0.25) is 10.0 Å². The van der Waals surface area contributed by atoms with Crippen molar-refractivity contribution in [2.45, 2.75) is 26.2 Å². The van der Waals surface area contributed by atoms with E-state index in [0.29, 0.717) is 18.8 Å². The lowest BCUT2D eigenvalue weighted by atomic mass is 10.3. The number of halogens is 1. The Balaban J connectivity index is 4.30. The van der Waals surface area contributed by atoms with E-state index in [9.17, 15) is 8.42 Å². The average Bonchev–Trinajstić information content (AvgIpc) is 2.21. The summed E-state index contributed by atoms with van der Waals surface area (Å²) < 4.78 is 24.8. The van der Waals surface area contributed by atoms with Crippen LogP contribution in [0.2, 0.25) is 0 Å². The molecule has 0 heterocycles. The number of aliphatic hydroxyl groups is 1. The van der Waals surface area contributed by atoms with Gasteiger partial charge in [-0.2, -0.15) is 4.31 Å². The Bertz CT molecular complexity index is 244. The van der Waals surface area contributed by atoms with Gasteiger partial charge in [0.25, 0.3) is 0 Å². The van der Waals surface area contributed by atoms with Crippen LogP contribution in [0.4, 0.5) is 0 Å². The summed E-state index contributed by atoms with van der Waals surface area (Å²) in [5.74, 6) is 0.417. The summed E-state index contributed by atoms with van der Waals surface area (Å²) in [6.45, 7) is 2.54. The summed E-state index contributed by atoms with van der Waals surface area (Å²) in [5.41, 5.74) is 0. The first-order valence-electron chi connectivity index (χ1n) is 5.23. The molecule has 0 saturated carbocycles. The Labute approximate surface area is 97.3 Å². The third kappa shape index (κ3) is 6.35. The molecule has 0 atom stereocenters. The van der Waals surface area contributed by atoms with E-state index < -0.39 is 10.0 Å². The Morgan fingerprint density at radius 3 is 2.40 bits per heavy atom. The van der Waals surface area contributed by atoms with Crippen molar-refractivity contribution in [3.8, 4) is 0 Å². The van der Waals surface area contributed by atoms with Crippen molar-refractivity contribution < 1.29 is 13.5 Å². The maximum absolute atomic E-state index is 11.7. The van der Waals surface area contributed by atoms with Gasteiger partial charge in [0.1, 0.15) is 0 Å². The highest BCUT2D eigenvalue weighted by Crippen LogP contribution is 2.06. The third-order valence-electron chi connectivity index (χ3n) is 2.04. The van der Waals surface area contributed by atoms with Gasteiger partial charge in [-0.3, -0.25) is 0 Å². The van der Waals surface area contributed by atoms with E-state index in [1.165, 1.54) is 4.31 Å². The zero-order chi connectivity index (χ0) is 11.7. The smallest absolute Gasteiger partial charge is 0.214 e. The Kier molecular flexibility index (Phi) is 8.42. The summed E-state index contributed by atoms with van der Waals surface area (Å²) in [7, 11) is -3.23. The number of rotatable bonds is 9. The lowest BCUT2D eigenvalue weighted by Crippen LogP contribution is -2.36. The predicted octanol–water partition coefficient (Wildman–Crippen LogP) is 1.04. The first kappa shape index (κ1) is 15.2. The van der Waals surface area contributed by atoms with Crippen LogP contribution in [0.25, 0.3) is 0 Å². The molecule has 0 aliphatic carbocycles. The first-order chi connectivity index (χ1) is 7.08. The lowest BCUT2D eigenvalue weighted by Gasteiger charge is -2.20. The molecule has 15 heavy (non-hydrogen) atoms. The van der Waals surface area contributed by atoms with Gasteiger partial charge in [-0.1, -0.05) is 13.3 Å². The maximum Gasteiger partial charge on any atom is 0.214 e. The highest BCUT2D eigenvalue weighted by Gasteiger charge is 2.19. The molecule has 92 valence electrons. The van der Waals surface area contributed by atoms with Crippen LogP contribution in [-0.2, 0) is 10.0 Å². The van der Waals surface area contributed by atoms with Crippen molar-refractivity contribution in [1.82, 2.24) is 4.31 Å². The van der Waals surface area contributed by atoms with Crippen LogP contribution >= 0.6 is 11.6 Å². The molecule has 0 amide bonds. The number of unbranched alkanes of at least 4 members (excludes halogenated alkanes) is 1. The highest BCUT2D eigenvalue weighted by atomic mass is 35.5. The van der Waals surface area contributed by atoms with Gasteiger partial charge in [-0.05, 0) is 12.8 Å². The molecular formula is C9H20ClNO3S. The van der Waals surface area contributed by atoms with E-state index in [0.717, 1.165) is 12.8 Å². The Hall–Kier alpha value is 0.160. The van der Waals surface area contributed by atoms with E-state index in [-0.39, 0.29) is 18.9 Å². The molecule has 4 nitrogen and oxygen atoms in total. The Morgan fingerprint density at radius 2 is 1.93 bits per heavy atom. The number of hydrogen-bond donors (Lipinski definition) is 1. The number of alkyl halides is 1. The number of hydrogen-bond acceptors (Lipinski definition) is 3. The molecule has 6 heteroatoms. The van der Waals surface area contributed by atoms with Crippen LogP contribution in [0.1, 0.15) is 26.2 Å². The van der Waals surface area contributed by atoms with E-state index in [1.807, 2.05) is 6.92 Å². The summed E-state index contributed by atoms with van der Waals surface area (Å²) >= 11 is 5.46. The Morgan fingerprint density at radius 1 is 1.27 bits per heavy atom. The lowest BCUT2D eigenvalue weighted by molar-refractivity contribution is 0.252. The number of sulfonamides is 1. The fourth-order valence-corrected chi connectivity index (χ4v) is 3.03. The molecule has 0 radical (unpaired) electrons. The van der Waals surface area contributed by atoms with Gasteiger partial charge in [0.15, 0.2) is 0 Å². The maximum atomic E-state index is 11.7. The third-order valence-corrected chi connectivity index (χ3v) is 4.26. The fourth-order valence-electron chi connectivity index (χ4n) is 1.20. The van der Waals surface area contributed by atoms with Gasteiger partial charge in [-0.15, -0.1) is 11.6 Å². The summed E-state index contributed by atoms with van der Waals surface area (Å²) in [5, 5.41) is 8.79. The molecule has 0 aliphatic heterocycles. The van der Waals surface area contributed by atoms with Crippen molar-refractivity contribution in [3.05, 3.63) is 0 Å². The molecule has 0 bridgehead atoms. The topological polar surface area (TPSA) is 57.6 Å². The quantitative estimate of drug-likeness (QED) is 0.628. The van der Waals surface area contributed by atoms with Crippen LogP contribution in [0, 0.1) is 0 Å². The monoisotopic (exact) mass is 257 g/mol. The van der Waals surface area contributed by atoms with Crippen LogP contribution in [0.15, 0.2) is 0 Å². The second kappa shape index (κ2) is 8.33. The summed E-state index contributed by atoms with van der Waals surface area (Å²) in [4.78, 5) is 0. The van der Waals surface area contributed by atoms with Crippen molar-refractivity contribution in [3.63, 3.8) is 0 Å². The predicted molar refractivity (Wildman–Crippen MR) is 62.7 cm³/mol. The van der Waals surface area contributed by atoms with E-state index in [2.05, 4.69) is 0 Å². The molecule has 0 rings (SSSR count). The molecule has 1 N–H and O–H groups in total. The van der Waals surface area contributed by atoms with Crippen LogP contribution in [0.5, 0.6) is 0 Å². The van der Waals surface area contributed by atoms with Crippen LogP contribution in [-0.4, -0.2) is 49.2 Å². The van der Waals surface area contributed by atoms with Crippen molar-refractivity contribution >= 4 is 21.6 Å². The zero-order valence-electron chi connectivity index (χ0n) is 9.15. The van der Waals surface area contributed by atoms with Crippen molar-refractivity contribution in [2.24, 2.45) is 0 Å². The molecule has 0 aromatic carbocycles. The molecule has 0 aromatic rings. The van der Waals surface area contributed by atoms with Crippen molar-refractivity contribution in [1.29, 1.82) is 0 Å². The zero-order valence-corrected chi connectivity index (χ0v) is 10.7. The van der Waals surface area contributed by atoms with E-state index >= 15 is 0 Å². The summed E-state index contributed by atoms with van der Waals surface area (Å²) in [6.07, 6.45) is 2.21. The highest BCUT2D eigenvalue weighted by molar-refractivity contribution is 7.89. The van der Waals surface area contributed by atoms with Gasteiger partial charge < -0.3 is 5.11 Å². The van der Waals surface area contributed by atoms with Gasteiger partial charge in [0.05, 0.1) is 12.4 Å². The molecule has 0 unspecified atom stereocenters. The summed E-state index contributed by atoms with van der Waals surface area (Å²) in [6, 6.07) is 0. The van der Waals surface area contributed by atoms with Gasteiger partial charge >= 0.3 is 0 Å². The molecule has 0 aromatic heterocycles.